The molecule has 174 valence electrons. The number of aliphatic hydroxyl groups is 1. The van der Waals surface area contributed by atoms with E-state index in [1.54, 1.807) is 29.1 Å². The maximum absolute atomic E-state index is 13.6. The third kappa shape index (κ3) is 3.31. The molecule has 3 aromatic rings. The molecule has 1 aliphatic carbocycles. The molecule has 2 aliphatic rings. The molecule has 0 radical (unpaired) electrons. The molecular weight excluding hydrogens is 504 g/mol. The van der Waals surface area contributed by atoms with Gasteiger partial charge in [-0.25, -0.2) is 9.07 Å². The average molecular weight is 525 g/mol. The van der Waals surface area contributed by atoms with E-state index in [1.165, 1.54) is 12.1 Å². The van der Waals surface area contributed by atoms with Gasteiger partial charge in [0.25, 0.3) is 0 Å². The van der Waals surface area contributed by atoms with E-state index in [1.807, 2.05) is 6.07 Å². The van der Waals surface area contributed by atoms with Crippen LogP contribution in [0.15, 0.2) is 53.7 Å². The SMILES string of the molecule is C=C[C@@]12CC[C@](O)(C(F)(F)F)C[C@H]1CCOc1c2cc2cnn(-c3ccc(F)cc3)c2c1Br. The van der Waals surface area contributed by atoms with Gasteiger partial charge >= 0.3 is 6.18 Å². The van der Waals surface area contributed by atoms with Crippen molar-refractivity contribution < 1.29 is 27.4 Å². The highest BCUT2D eigenvalue weighted by atomic mass is 79.9. The van der Waals surface area contributed by atoms with Crippen LogP contribution in [-0.4, -0.2) is 33.3 Å². The quantitative estimate of drug-likeness (QED) is 0.319. The zero-order chi connectivity index (χ0) is 23.6. The van der Waals surface area contributed by atoms with Gasteiger partial charge in [-0.05, 0) is 77.9 Å². The summed E-state index contributed by atoms with van der Waals surface area (Å²) in [6.07, 6.45) is -1.70. The topological polar surface area (TPSA) is 47.3 Å². The highest BCUT2D eigenvalue weighted by molar-refractivity contribution is 9.10. The first-order chi connectivity index (χ1) is 15.6. The molecule has 33 heavy (non-hydrogen) atoms. The monoisotopic (exact) mass is 524 g/mol. The number of aromatic nitrogens is 2. The highest BCUT2D eigenvalue weighted by Gasteiger charge is 2.60. The maximum Gasteiger partial charge on any atom is 0.417 e. The van der Waals surface area contributed by atoms with E-state index < -0.39 is 36.0 Å². The second kappa shape index (κ2) is 7.56. The highest BCUT2D eigenvalue weighted by Crippen LogP contribution is 2.58. The first kappa shape index (κ1) is 22.4. The number of fused-ring (bicyclic) bond motifs is 4. The van der Waals surface area contributed by atoms with Gasteiger partial charge < -0.3 is 9.84 Å². The van der Waals surface area contributed by atoms with Crippen molar-refractivity contribution in [3.8, 4) is 11.4 Å². The normalized spacial score (nSPS) is 27.4. The van der Waals surface area contributed by atoms with Crippen LogP contribution >= 0.6 is 15.9 Å². The van der Waals surface area contributed by atoms with Gasteiger partial charge in [0.2, 0.25) is 0 Å². The summed E-state index contributed by atoms with van der Waals surface area (Å²) in [4.78, 5) is 0. The lowest BCUT2D eigenvalue weighted by Gasteiger charge is -2.48. The van der Waals surface area contributed by atoms with Gasteiger partial charge in [-0.15, -0.1) is 6.58 Å². The lowest BCUT2D eigenvalue weighted by atomic mass is 9.58. The van der Waals surface area contributed by atoms with E-state index in [2.05, 4.69) is 27.6 Å². The van der Waals surface area contributed by atoms with E-state index in [0.717, 1.165) is 10.9 Å². The molecule has 1 aromatic heterocycles. The fourth-order valence-electron chi connectivity index (χ4n) is 5.36. The summed E-state index contributed by atoms with van der Waals surface area (Å²) in [6, 6.07) is 7.80. The number of halogens is 5. The van der Waals surface area contributed by atoms with Crippen molar-refractivity contribution in [2.45, 2.75) is 42.9 Å². The van der Waals surface area contributed by atoms with E-state index in [-0.39, 0.29) is 18.8 Å². The standard InChI is InChI=1S/C24H21BrF4N2O2/c1-2-22-8-9-23(32,24(27,28)29)12-15(22)7-10-33-21-18(22)11-14-13-30-31(20(14)19(21)25)17-5-3-16(26)4-6-17/h2-6,11,13,15,32H,1,7-10,12H2/t15-,22-,23-/m1/s1. The molecule has 1 fully saturated rings. The molecule has 0 unspecified atom stereocenters. The van der Waals surface area contributed by atoms with Gasteiger partial charge in [-0.3, -0.25) is 0 Å². The Hall–Kier alpha value is -2.39. The van der Waals surface area contributed by atoms with Crippen LogP contribution in [0.5, 0.6) is 5.75 Å². The smallest absolute Gasteiger partial charge is 0.417 e. The second-order valence-electron chi connectivity index (χ2n) is 8.85. The molecule has 3 atom stereocenters. The largest absolute Gasteiger partial charge is 0.492 e. The summed E-state index contributed by atoms with van der Waals surface area (Å²) in [5.41, 5.74) is -1.39. The minimum absolute atomic E-state index is 0.0948. The Morgan fingerprint density at radius 3 is 2.64 bits per heavy atom. The van der Waals surface area contributed by atoms with Gasteiger partial charge in [-0.1, -0.05) is 6.08 Å². The Labute approximate surface area is 196 Å². The minimum Gasteiger partial charge on any atom is -0.492 e. The lowest BCUT2D eigenvalue weighted by Crippen LogP contribution is -2.54. The number of allylic oxidation sites excluding steroid dienone is 1. The second-order valence-corrected chi connectivity index (χ2v) is 9.64. The van der Waals surface area contributed by atoms with Gasteiger partial charge in [0.05, 0.1) is 28.5 Å². The Bertz CT molecular complexity index is 1240. The lowest BCUT2D eigenvalue weighted by molar-refractivity contribution is -0.277. The molecule has 1 aliphatic heterocycles. The maximum atomic E-state index is 13.6. The van der Waals surface area contributed by atoms with E-state index >= 15 is 0 Å². The van der Waals surface area contributed by atoms with Crippen molar-refractivity contribution in [2.24, 2.45) is 5.92 Å². The number of hydrogen-bond donors (Lipinski definition) is 1. The molecule has 9 heteroatoms. The molecular formula is C24H21BrF4N2O2. The third-order valence-electron chi connectivity index (χ3n) is 7.19. The first-order valence-electron chi connectivity index (χ1n) is 10.6. The summed E-state index contributed by atoms with van der Waals surface area (Å²) in [6.45, 7) is 4.19. The molecule has 0 saturated heterocycles. The van der Waals surface area contributed by atoms with Gasteiger partial charge in [0.15, 0.2) is 5.60 Å². The number of benzene rings is 2. The predicted octanol–water partition coefficient (Wildman–Crippen LogP) is 6.23. The van der Waals surface area contributed by atoms with Crippen LogP contribution in [0.1, 0.15) is 31.2 Å². The van der Waals surface area contributed by atoms with E-state index in [4.69, 9.17) is 4.74 Å². The molecule has 4 nitrogen and oxygen atoms in total. The summed E-state index contributed by atoms with van der Waals surface area (Å²) in [7, 11) is 0. The summed E-state index contributed by atoms with van der Waals surface area (Å²) >= 11 is 3.64. The molecule has 2 heterocycles. The summed E-state index contributed by atoms with van der Waals surface area (Å²) in [5, 5.41) is 15.6. The number of rotatable bonds is 2. The van der Waals surface area contributed by atoms with Crippen LogP contribution in [0.3, 0.4) is 0 Å². The molecule has 1 N–H and O–H groups in total. The number of hydrogen-bond acceptors (Lipinski definition) is 3. The van der Waals surface area contributed by atoms with Gasteiger partial charge in [-0.2, -0.15) is 18.3 Å². The van der Waals surface area contributed by atoms with Crippen molar-refractivity contribution in [3.05, 3.63) is 65.0 Å². The van der Waals surface area contributed by atoms with Crippen LogP contribution in [0.2, 0.25) is 0 Å². The third-order valence-corrected chi connectivity index (χ3v) is 7.93. The van der Waals surface area contributed by atoms with Gasteiger partial charge in [0.1, 0.15) is 11.6 Å². The minimum atomic E-state index is -4.70. The molecule has 5 rings (SSSR count). The van der Waals surface area contributed by atoms with E-state index in [9.17, 15) is 22.7 Å². The Balaban J connectivity index is 1.67. The zero-order valence-electron chi connectivity index (χ0n) is 17.5. The van der Waals surface area contributed by atoms with Crippen molar-refractivity contribution in [1.82, 2.24) is 9.78 Å². The van der Waals surface area contributed by atoms with Crippen molar-refractivity contribution in [1.29, 1.82) is 0 Å². The van der Waals surface area contributed by atoms with Crippen LogP contribution in [0.4, 0.5) is 17.6 Å². The van der Waals surface area contributed by atoms with Crippen molar-refractivity contribution >= 4 is 26.8 Å². The predicted molar refractivity (Wildman–Crippen MR) is 119 cm³/mol. The number of nitrogens with zero attached hydrogens (tertiary/aromatic N) is 2. The average Bonchev–Trinajstić information content (AvgIpc) is 3.12. The molecule has 1 saturated carbocycles. The fraction of sp³-hybridized carbons (Fsp3) is 0.375. The Kier molecular flexibility index (Phi) is 5.13. The first-order valence-corrected chi connectivity index (χ1v) is 11.4. The molecule has 0 bridgehead atoms. The number of ether oxygens (including phenoxy) is 1. The molecule has 0 amide bonds. The van der Waals surface area contributed by atoms with Crippen molar-refractivity contribution in [3.63, 3.8) is 0 Å². The molecule has 2 aromatic carbocycles. The summed E-state index contributed by atoms with van der Waals surface area (Å²) < 4.78 is 62.6. The fourth-order valence-corrected chi connectivity index (χ4v) is 6.09. The Morgan fingerprint density at radius 1 is 1.24 bits per heavy atom. The molecule has 0 spiro atoms. The number of alkyl halides is 3. The van der Waals surface area contributed by atoms with Crippen LogP contribution < -0.4 is 4.74 Å². The van der Waals surface area contributed by atoms with Crippen molar-refractivity contribution in [2.75, 3.05) is 6.61 Å². The Morgan fingerprint density at radius 2 is 1.97 bits per heavy atom. The van der Waals surface area contributed by atoms with Crippen LogP contribution in [-0.2, 0) is 5.41 Å². The van der Waals surface area contributed by atoms with Crippen LogP contribution in [0, 0.1) is 11.7 Å². The van der Waals surface area contributed by atoms with E-state index in [0.29, 0.717) is 27.8 Å². The summed E-state index contributed by atoms with van der Waals surface area (Å²) in [5.74, 6) is -0.319. The van der Waals surface area contributed by atoms with Gasteiger partial charge in [0, 0.05) is 16.4 Å². The zero-order valence-corrected chi connectivity index (χ0v) is 19.1. The van der Waals surface area contributed by atoms with Crippen LogP contribution in [0.25, 0.3) is 16.6 Å².